The summed E-state index contributed by atoms with van der Waals surface area (Å²) in [5.41, 5.74) is 1.74. The van der Waals surface area contributed by atoms with Crippen LogP contribution in [-0.2, 0) is 0 Å². The predicted octanol–water partition coefficient (Wildman–Crippen LogP) is 3.22. The summed E-state index contributed by atoms with van der Waals surface area (Å²) in [4.78, 5) is 16.7. The molecule has 132 valence electrons. The number of carbonyl (C=O) groups excluding carboxylic acids is 1. The fourth-order valence-corrected chi connectivity index (χ4v) is 4.01. The van der Waals surface area contributed by atoms with Crippen LogP contribution in [0.1, 0.15) is 29.8 Å². The van der Waals surface area contributed by atoms with Crippen molar-refractivity contribution in [3.05, 3.63) is 54.6 Å². The topological polar surface area (TPSA) is 80.3 Å². The summed E-state index contributed by atoms with van der Waals surface area (Å²) in [7, 11) is 0. The molecular formula is C20H19N3O3. The molecule has 1 amide bonds. The lowest BCUT2D eigenvalue weighted by atomic mass is 9.95. The first-order valence-corrected chi connectivity index (χ1v) is 8.93. The van der Waals surface area contributed by atoms with E-state index in [9.17, 15) is 4.79 Å². The smallest absolute Gasteiger partial charge is 0.287 e. The maximum Gasteiger partial charge on any atom is 0.287 e. The number of amides is 1. The van der Waals surface area contributed by atoms with Crippen LogP contribution in [-0.4, -0.2) is 29.0 Å². The number of hydrogen-bond donors (Lipinski definition) is 2. The highest BCUT2D eigenvalue weighted by atomic mass is 16.4. The number of furan rings is 1. The van der Waals surface area contributed by atoms with E-state index in [1.54, 1.807) is 18.5 Å². The highest BCUT2D eigenvalue weighted by Crippen LogP contribution is 2.29. The Morgan fingerprint density at radius 2 is 2.12 bits per heavy atom. The van der Waals surface area contributed by atoms with Crippen molar-refractivity contribution in [1.29, 1.82) is 0 Å². The third-order valence-corrected chi connectivity index (χ3v) is 5.27. The van der Waals surface area contributed by atoms with Crippen LogP contribution in [0.5, 0.6) is 0 Å². The molecule has 3 atom stereocenters. The van der Waals surface area contributed by atoms with Crippen molar-refractivity contribution in [3.8, 4) is 22.8 Å². The molecule has 4 heterocycles. The second-order valence-electron chi connectivity index (χ2n) is 6.95. The van der Waals surface area contributed by atoms with Crippen LogP contribution in [0.15, 0.2) is 57.7 Å². The molecule has 2 aliphatic rings. The number of oxazole rings is 1. The monoisotopic (exact) mass is 349 g/mol. The summed E-state index contributed by atoms with van der Waals surface area (Å²) < 4.78 is 11.2. The SMILES string of the molecule is O=C(NC1CC2CCC1N2)c1ccc(-c2cccc(-c3ncco3)c2)o1. The van der Waals surface area contributed by atoms with Gasteiger partial charge in [-0.1, -0.05) is 12.1 Å². The van der Waals surface area contributed by atoms with Gasteiger partial charge in [0.05, 0.1) is 6.20 Å². The second kappa shape index (κ2) is 6.14. The van der Waals surface area contributed by atoms with Crippen molar-refractivity contribution in [1.82, 2.24) is 15.6 Å². The molecule has 0 radical (unpaired) electrons. The Bertz CT molecular complexity index is 931. The van der Waals surface area contributed by atoms with Crippen molar-refractivity contribution in [2.75, 3.05) is 0 Å². The molecular weight excluding hydrogens is 330 g/mol. The Balaban J connectivity index is 1.34. The number of rotatable bonds is 4. The molecule has 2 fully saturated rings. The number of aromatic nitrogens is 1. The Kier molecular flexibility index (Phi) is 3.64. The Labute approximate surface area is 150 Å². The van der Waals surface area contributed by atoms with Crippen molar-refractivity contribution < 1.29 is 13.6 Å². The summed E-state index contributed by atoms with van der Waals surface area (Å²) in [6, 6.07) is 12.4. The van der Waals surface area contributed by atoms with Gasteiger partial charge in [0.2, 0.25) is 5.89 Å². The number of nitrogens with one attached hydrogen (secondary N) is 2. The molecule has 6 nitrogen and oxygen atoms in total. The van der Waals surface area contributed by atoms with Crippen LogP contribution in [0.2, 0.25) is 0 Å². The first-order chi connectivity index (χ1) is 12.8. The van der Waals surface area contributed by atoms with Gasteiger partial charge in [0.1, 0.15) is 12.0 Å². The van der Waals surface area contributed by atoms with Gasteiger partial charge < -0.3 is 19.5 Å². The normalized spacial score (nSPS) is 24.1. The second-order valence-corrected chi connectivity index (χ2v) is 6.95. The van der Waals surface area contributed by atoms with E-state index >= 15 is 0 Å². The molecule has 5 rings (SSSR count). The number of carbonyl (C=O) groups is 1. The van der Waals surface area contributed by atoms with E-state index in [-0.39, 0.29) is 11.9 Å². The lowest BCUT2D eigenvalue weighted by Crippen LogP contribution is -2.42. The average Bonchev–Trinajstić information content (AvgIpc) is 3.46. The first-order valence-electron chi connectivity index (χ1n) is 8.93. The maximum absolute atomic E-state index is 12.5. The molecule has 2 aliphatic heterocycles. The van der Waals surface area contributed by atoms with Gasteiger partial charge in [0.25, 0.3) is 5.91 Å². The van der Waals surface area contributed by atoms with E-state index in [2.05, 4.69) is 15.6 Å². The molecule has 0 saturated carbocycles. The summed E-state index contributed by atoms with van der Waals surface area (Å²) in [5, 5.41) is 6.63. The van der Waals surface area contributed by atoms with Crippen molar-refractivity contribution >= 4 is 5.91 Å². The van der Waals surface area contributed by atoms with Gasteiger partial charge >= 0.3 is 0 Å². The van der Waals surface area contributed by atoms with Crippen molar-refractivity contribution in [2.45, 2.75) is 37.4 Å². The predicted molar refractivity (Wildman–Crippen MR) is 95.5 cm³/mol. The minimum absolute atomic E-state index is 0.153. The van der Waals surface area contributed by atoms with E-state index in [1.807, 2.05) is 30.3 Å². The van der Waals surface area contributed by atoms with Gasteiger partial charge in [0.15, 0.2) is 5.76 Å². The minimum Gasteiger partial charge on any atom is -0.451 e. The van der Waals surface area contributed by atoms with Crippen molar-refractivity contribution in [3.63, 3.8) is 0 Å². The Hall–Kier alpha value is -2.86. The number of benzene rings is 1. The summed E-state index contributed by atoms with van der Waals surface area (Å²) in [6.07, 6.45) is 6.50. The highest BCUT2D eigenvalue weighted by molar-refractivity contribution is 5.92. The fourth-order valence-electron chi connectivity index (χ4n) is 4.01. The lowest BCUT2D eigenvalue weighted by Gasteiger charge is -2.20. The molecule has 2 N–H and O–H groups in total. The third kappa shape index (κ3) is 2.72. The molecule has 0 spiro atoms. The largest absolute Gasteiger partial charge is 0.451 e. The van der Waals surface area contributed by atoms with Gasteiger partial charge in [-0.25, -0.2) is 4.98 Å². The van der Waals surface area contributed by atoms with Crippen LogP contribution >= 0.6 is 0 Å². The minimum atomic E-state index is -0.153. The number of fused-ring (bicyclic) bond motifs is 2. The molecule has 0 aliphatic carbocycles. The van der Waals surface area contributed by atoms with E-state index < -0.39 is 0 Å². The molecule has 2 aromatic heterocycles. The molecule has 3 aromatic rings. The zero-order chi connectivity index (χ0) is 17.5. The van der Waals surface area contributed by atoms with Crippen LogP contribution in [0.3, 0.4) is 0 Å². The van der Waals surface area contributed by atoms with E-state index in [0.717, 1.165) is 24.0 Å². The Morgan fingerprint density at radius 1 is 1.19 bits per heavy atom. The average molecular weight is 349 g/mol. The summed E-state index contributed by atoms with van der Waals surface area (Å²) >= 11 is 0. The van der Waals surface area contributed by atoms with Gasteiger partial charge in [-0.2, -0.15) is 0 Å². The molecule has 2 bridgehead atoms. The van der Waals surface area contributed by atoms with E-state index in [4.69, 9.17) is 8.83 Å². The highest BCUT2D eigenvalue weighted by Gasteiger charge is 2.39. The van der Waals surface area contributed by atoms with E-state index in [1.165, 1.54) is 6.42 Å². The standard InChI is InChI=1S/C20H19N3O3/c24-19(23-16-11-14-4-5-15(16)22-14)18-7-6-17(26-18)12-2-1-3-13(10-12)20-21-8-9-25-20/h1-3,6-10,14-16,22H,4-5,11H2,(H,23,24). The summed E-state index contributed by atoms with van der Waals surface area (Å²) in [5.74, 6) is 1.39. The zero-order valence-electron chi connectivity index (χ0n) is 14.1. The van der Waals surface area contributed by atoms with Crippen LogP contribution < -0.4 is 10.6 Å². The molecule has 6 heteroatoms. The van der Waals surface area contributed by atoms with Gasteiger partial charge in [-0.05, 0) is 43.5 Å². The lowest BCUT2D eigenvalue weighted by molar-refractivity contribution is 0.0903. The zero-order valence-corrected chi connectivity index (χ0v) is 14.1. The van der Waals surface area contributed by atoms with Gasteiger partial charge in [-0.3, -0.25) is 4.79 Å². The Morgan fingerprint density at radius 3 is 2.88 bits per heavy atom. The molecule has 26 heavy (non-hydrogen) atoms. The van der Waals surface area contributed by atoms with Crippen LogP contribution in [0.4, 0.5) is 0 Å². The molecule has 3 unspecified atom stereocenters. The number of hydrogen-bond acceptors (Lipinski definition) is 5. The maximum atomic E-state index is 12.5. The van der Waals surface area contributed by atoms with Gasteiger partial charge in [0, 0.05) is 29.3 Å². The number of nitrogens with zero attached hydrogens (tertiary/aromatic N) is 1. The van der Waals surface area contributed by atoms with E-state index in [0.29, 0.717) is 29.5 Å². The van der Waals surface area contributed by atoms with Crippen LogP contribution in [0.25, 0.3) is 22.8 Å². The molecule has 1 aromatic carbocycles. The first kappa shape index (κ1) is 15.4. The fraction of sp³-hybridized carbons (Fsp3) is 0.300. The third-order valence-electron chi connectivity index (χ3n) is 5.27. The van der Waals surface area contributed by atoms with Gasteiger partial charge in [-0.15, -0.1) is 0 Å². The van der Waals surface area contributed by atoms with Crippen molar-refractivity contribution in [2.24, 2.45) is 0 Å². The summed E-state index contributed by atoms with van der Waals surface area (Å²) in [6.45, 7) is 0. The van der Waals surface area contributed by atoms with Crippen LogP contribution in [0, 0.1) is 0 Å². The quantitative estimate of drug-likeness (QED) is 0.756. The molecule has 2 saturated heterocycles.